The van der Waals surface area contributed by atoms with Gasteiger partial charge in [0, 0.05) is 18.8 Å². The van der Waals surface area contributed by atoms with Crippen molar-refractivity contribution in [3.05, 3.63) is 12.2 Å². The smallest absolute Gasteiger partial charge is 0.120 e. The van der Waals surface area contributed by atoms with Crippen molar-refractivity contribution in [1.82, 2.24) is 4.90 Å². The van der Waals surface area contributed by atoms with Crippen molar-refractivity contribution in [3.8, 4) is 0 Å². The maximum atomic E-state index is 7.93. The van der Waals surface area contributed by atoms with Gasteiger partial charge in [0.2, 0.25) is 0 Å². The third kappa shape index (κ3) is 4.69. The van der Waals surface area contributed by atoms with Crippen LogP contribution in [0.4, 0.5) is 0 Å². The van der Waals surface area contributed by atoms with Crippen molar-refractivity contribution in [2.75, 3.05) is 19.6 Å². The molecular formula is C13H24N4. The summed E-state index contributed by atoms with van der Waals surface area (Å²) in [6.45, 7) is 6.70. The van der Waals surface area contributed by atoms with Crippen LogP contribution in [0.15, 0.2) is 12.2 Å². The molecule has 1 atom stereocenters. The van der Waals surface area contributed by atoms with Crippen LogP contribution < -0.4 is 5.73 Å². The number of rotatable bonds is 5. The maximum absolute atomic E-state index is 7.93. The summed E-state index contributed by atoms with van der Waals surface area (Å²) in [7, 11) is 0. The summed E-state index contributed by atoms with van der Waals surface area (Å²) in [4.78, 5) is 2.04. The van der Waals surface area contributed by atoms with Crippen LogP contribution in [0.2, 0.25) is 0 Å². The second-order valence-corrected chi connectivity index (χ2v) is 5.18. The molecule has 0 aliphatic carbocycles. The normalized spacial score (nSPS) is 20.5. The lowest BCUT2D eigenvalue weighted by atomic mass is 10.1. The zero-order valence-electron chi connectivity index (χ0n) is 10.9. The van der Waals surface area contributed by atoms with Crippen LogP contribution in [0.5, 0.6) is 0 Å². The molecule has 17 heavy (non-hydrogen) atoms. The highest BCUT2D eigenvalue weighted by Gasteiger charge is 2.21. The van der Waals surface area contributed by atoms with E-state index < -0.39 is 0 Å². The molecule has 0 radical (unpaired) electrons. The van der Waals surface area contributed by atoms with E-state index in [1.54, 1.807) is 12.2 Å². The molecule has 0 aromatic rings. The van der Waals surface area contributed by atoms with Crippen molar-refractivity contribution in [2.45, 2.75) is 26.7 Å². The average Bonchev–Trinajstić information content (AvgIpc) is 2.73. The molecule has 1 heterocycles. The molecule has 4 N–H and O–H groups in total. The second kappa shape index (κ2) is 6.55. The minimum Gasteiger partial charge on any atom is -0.357 e. The zero-order valence-corrected chi connectivity index (χ0v) is 10.9. The molecule has 1 aliphatic heterocycles. The van der Waals surface area contributed by atoms with Gasteiger partial charge in [0.1, 0.15) is 5.84 Å². The lowest BCUT2D eigenvalue weighted by Crippen LogP contribution is -2.27. The molecule has 1 fully saturated rings. The number of allylic oxidation sites excluding steroid dienone is 1. The second-order valence-electron chi connectivity index (χ2n) is 5.18. The summed E-state index contributed by atoms with van der Waals surface area (Å²) >= 11 is 0. The van der Waals surface area contributed by atoms with Crippen LogP contribution in [0, 0.1) is 22.7 Å². The van der Waals surface area contributed by atoms with Gasteiger partial charge in [-0.3, -0.25) is 5.41 Å². The number of hydrogen-bond acceptors (Lipinski definition) is 3. The van der Waals surface area contributed by atoms with Gasteiger partial charge in [-0.25, -0.2) is 0 Å². The molecule has 4 nitrogen and oxygen atoms in total. The molecule has 0 bridgehead atoms. The number of hydrogen-bond donors (Lipinski definition) is 3. The van der Waals surface area contributed by atoms with Crippen molar-refractivity contribution < 1.29 is 0 Å². The molecular weight excluding hydrogens is 212 g/mol. The molecule has 1 rings (SSSR count). The molecule has 1 saturated heterocycles. The van der Waals surface area contributed by atoms with Gasteiger partial charge in [-0.2, -0.15) is 0 Å². The molecule has 96 valence electrons. The Kier molecular flexibility index (Phi) is 5.35. The Hall–Kier alpha value is -1.16. The van der Waals surface area contributed by atoms with Crippen LogP contribution >= 0.6 is 0 Å². The van der Waals surface area contributed by atoms with E-state index in [0.717, 1.165) is 25.9 Å². The third-order valence-corrected chi connectivity index (χ3v) is 3.03. The Bertz CT molecular complexity index is 307. The molecule has 0 spiro atoms. The molecule has 0 aromatic heterocycles. The summed E-state index contributed by atoms with van der Waals surface area (Å²) in [6.07, 6.45) is 5.34. The fourth-order valence-corrected chi connectivity index (χ4v) is 2.04. The number of likely N-dealkylation sites (tertiary alicyclic amines) is 1. The quantitative estimate of drug-likeness (QED) is 0.503. The van der Waals surface area contributed by atoms with E-state index >= 15 is 0 Å². The van der Waals surface area contributed by atoms with Gasteiger partial charge < -0.3 is 16.0 Å². The summed E-state index contributed by atoms with van der Waals surface area (Å²) in [5.74, 6) is 1.53. The van der Waals surface area contributed by atoms with Gasteiger partial charge in [-0.15, -0.1) is 0 Å². The largest absolute Gasteiger partial charge is 0.357 e. The Balaban J connectivity index is 2.39. The van der Waals surface area contributed by atoms with Crippen molar-refractivity contribution >= 4 is 11.5 Å². The predicted molar refractivity (Wildman–Crippen MR) is 72.8 cm³/mol. The van der Waals surface area contributed by atoms with Gasteiger partial charge in [-0.05, 0) is 43.4 Å². The van der Waals surface area contributed by atoms with Gasteiger partial charge in [0.25, 0.3) is 0 Å². The first-order valence-corrected chi connectivity index (χ1v) is 6.32. The van der Waals surface area contributed by atoms with Gasteiger partial charge in [-0.1, -0.05) is 13.8 Å². The minimum atomic E-state index is 0.495. The lowest BCUT2D eigenvalue weighted by molar-refractivity contribution is 0.483. The molecule has 1 aliphatic rings. The number of nitrogens with two attached hydrogens (primary N) is 1. The van der Waals surface area contributed by atoms with E-state index in [4.69, 9.17) is 16.6 Å². The number of nitrogens with one attached hydrogen (secondary N) is 2. The zero-order chi connectivity index (χ0) is 12.8. The standard InChI is InChI=1S/C13H24N4/c1-10(2)7-12(15)3-4-13(16)17-6-5-11(8-14)9-17/h3-4,10-11,15-16H,5-9,14H2,1-2H3/b4-3-,15-12?,16-13?. The first kappa shape index (κ1) is 13.9. The summed E-state index contributed by atoms with van der Waals surface area (Å²) in [5.41, 5.74) is 6.22. The average molecular weight is 236 g/mol. The minimum absolute atomic E-state index is 0.495. The summed E-state index contributed by atoms with van der Waals surface area (Å²) in [5, 5.41) is 15.7. The molecule has 0 amide bonds. The van der Waals surface area contributed by atoms with Crippen LogP contribution in [0.25, 0.3) is 0 Å². The van der Waals surface area contributed by atoms with E-state index in [-0.39, 0.29) is 0 Å². The van der Waals surface area contributed by atoms with E-state index in [2.05, 4.69) is 13.8 Å². The van der Waals surface area contributed by atoms with E-state index in [1.807, 2.05) is 4.90 Å². The molecule has 0 aromatic carbocycles. The fraction of sp³-hybridized carbons (Fsp3) is 0.692. The maximum Gasteiger partial charge on any atom is 0.120 e. The Morgan fingerprint density at radius 2 is 2.12 bits per heavy atom. The topological polar surface area (TPSA) is 77.0 Å². The van der Waals surface area contributed by atoms with Gasteiger partial charge in [0.15, 0.2) is 0 Å². The SMILES string of the molecule is CC(C)CC(=N)/C=C\C(=N)N1CCC(CN)C1. The van der Waals surface area contributed by atoms with Crippen LogP contribution in [-0.2, 0) is 0 Å². The number of nitrogens with zero attached hydrogens (tertiary/aromatic N) is 1. The van der Waals surface area contributed by atoms with E-state index in [9.17, 15) is 0 Å². The Morgan fingerprint density at radius 3 is 2.65 bits per heavy atom. The Labute approximate surface area is 104 Å². The fourth-order valence-electron chi connectivity index (χ4n) is 2.04. The first-order chi connectivity index (χ1) is 8.02. The van der Waals surface area contributed by atoms with Gasteiger partial charge >= 0.3 is 0 Å². The first-order valence-electron chi connectivity index (χ1n) is 6.32. The van der Waals surface area contributed by atoms with Crippen LogP contribution in [0.1, 0.15) is 26.7 Å². The third-order valence-electron chi connectivity index (χ3n) is 3.03. The number of amidine groups is 1. The summed E-state index contributed by atoms with van der Waals surface area (Å²) in [6, 6.07) is 0. The van der Waals surface area contributed by atoms with Crippen molar-refractivity contribution in [2.24, 2.45) is 17.6 Å². The molecule has 0 saturated carbocycles. The van der Waals surface area contributed by atoms with Crippen LogP contribution in [0.3, 0.4) is 0 Å². The highest BCUT2D eigenvalue weighted by atomic mass is 15.2. The van der Waals surface area contributed by atoms with Gasteiger partial charge in [0.05, 0.1) is 0 Å². The monoisotopic (exact) mass is 236 g/mol. The van der Waals surface area contributed by atoms with E-state index in [1.165, 1.54) is 0 Å². The van der Waals surface area contributed by atoms with E-state index in [0.29, 0.717) is 29.9 Å². The molecule has 1 unspecified atom stereocenters. The summed E-state index contributed by atoms with van der Waals surface area (Å²) < 4.78 is 0. The lowest BCUT2D eigenvalue weighted by Gasteiger charge is -2.16. The van der Waals surface area contributed by atoms with Crippen molar-refractivity contribution in [1.29, 1.82) is 10.8 Å². The van der Waals surface area contributed by atoms with Crippen LogP contribution in [-0.4, -0.2) is 36.1 Å². The Morgan fingerprint density at radius 1 is 1.41 bits per heavy atom. The highest BCUT2D eigenvalue weighted by molar-refractivity contribution is 6.00. The highest BCUT2D eigenvalue weighted by Crippen LogP contribution is 2.15. The predicted octanol–water partition coefficient (Wildman–Crippen LogP) is 1.87. The molecule has 4 heteroatoms. The van der Waals surface area contributed by atoms with Crippen molar-refractivity contribution in [3.63, 3.8) is 0 Å².